The van der Waals surface area contributed by atoms with E-state index in [-0.39, 0.29) is 5.92 Å². The Bertz CT molecular complexity index is 357. The van der Waals surface area contributed by atoms with Gasteiger partial charge in [0.15, 0.2) is 0 Å². The number of hydrogen-bond donors (Lipinski definition) is 0. The average molecular weight is 204 g/mol. The van der Waals surface area contributed by atoms with Gasteiger partial charge in [0, 0.05) is 12.3 Å². The van der Waals surface area contributed by atoms with Crippen LogP contribution >= 0.6 is 0 Å². The highest BCUT2D eigenvalue weighted by molar-refractivity contribution is 5.86. The fourth-order valence-electron chi connectivity index (χ4n) is 2.19. The van der Waals surface area contributed by atoms with Crippen LogP contribution in [-0.4, -0.2) is 12.9 Å². The van der Waals surface area contributed by atoms with Gasteiger partial charge < -0.3 is 4.74 Å². The highest BCUT2D eigenvalue weighted by Gasteiger charge is 2.23. The van der Waals surface area contributed by atoms with Gasteiger partial charge >= 0.3 is 0 Å². The molecule has 1 fully saturated rings. The number of carbonyl (C=O) groups excluding carboxylic acids is 1. The molecule has 1 saturated carbocycles. The Labute approximate surface area is 90.3 Å². The quantitative estimate of drug-likeness (QED) is 0.740. The first-order valence-corrected chi connectivity index (χ1v) is 5.48. The maximum atomic E-state index is 11.8. The normalized spacial score (nSPS) is 21.4. The Morgan fingerprint density at radius 3 is 2.93 bits per heavy atom. The third kappa shape index (κ3) is 2.20. The zero-order chi connectivity index (χ0) is 10.7. The van der Waals surface area contributed by atoms with Crippen molar-refractivity contribution in [1.29, 1.82) is 0 Å². The molecular weight excluding hydrogens is 188 g/mol. The van der Waals surface area contributed by atoms with Crippen molar-refractivity contribution in [3.05, 3.63) is 29.8 Å². The molecular formula is C13H16O2. The van der Waals surface area contributed by atoms with Crippen LogP contribution in [0.15, 0.2) is 24.3 Å². The summed E-state index contributed by atoms with van der Waals surface area (Å²) in [5.74, 6) is 1.33. The third-order valence-electron chi connectivity index (χ3n) is 3.05. The van der Waals surface area contributed by atoms with Crippen LogP contribution in [0, 0.1) is 0 Å². The lowest BCUT2D eigenvalue weighted by Crippen LogP contribution is -2.16. The lowest BCUT2D eigenvalue weighted by atomic mass is 9.83. The minimum absolute atomic E-state index is 0.105. The van der Waals surface area contributed by atoms with Gasteiger partial charge in [-0.3, -0.25) is 4.79 Å². The molecule has 0 heterocycles. The molecule has 0 spiro atoms. The fourth-order valence-corrected chi connectivity index (χ4v) is 2.19. The zero-order valence-corrected chi connectivity index (χ0v) is 9.03. The largest absolute Gasteiger partial charge is 0.497 e. The average Bonchev–Trinajstić information content (AvgIpc) is 2.30. The van der Waals surface area contributed by atoms with Crippen LogP contribution in [0.5, 0.6) is 5.75 Å². The Morgan fingerprint density at radius 2 is 2.20 bits per heavy atom. The van der Waals surface area contributed by atoms with E-state index in [9.17, 15) is 4.79 Å². The molecule has 1 aliphatic carbocycles. The van der Waals surface area contributed by atoms with Crippen molar-refractivity contribution in [2.75, 3.05) is 7.11 Å². The van der Waals surface area contributed by atoms with Crippen molar-refractivity contribution in [3.63, 3.8) is 0 Å². The van der Waals surface area contributed by atoms with E-state index in [0.29, 0.717) is 5.78 Å². The highest BCUT2D eigenvalue weighted by atomic mass is 16.5. The molecule has 80 valence electrons. The van der Waals surface area contributed by atoms with E-state index in [2.05, 4.69) is 0 Å². The van der Waals surface area contributed by atoms with E-state index in [1.165, 1.54) is 0 Å². The fraction of sp³-hybridized carbons (Fsp3) is 0.462. The van der Waals surface area contributed by atoms with E-state index < -0.39 is 0 Å². The Balaban J connectivity index is 2.23. The summed E-state index contributed by atoms with van der Waals surface area (Å²) in [4.78, 5) is 11.8. The van der Waals surface area contributed by atoms with Crippen LogP contribution in [-0.2, 0) is 4.79 Å². The van der Waals surface area contributed by atoms with Gasteiger partial charge in [-0.05, 0) is 30.5 Å². The molecule has 0 aliphatic heterocycles. The van der Waals surface area contributed by atoms with Crippen LogP contribution < -0.4 is 4.74 Å². The first-order valence-electron chi connectivity index (χ1n) is 5.48. The van der Waals surface area contributed by atoms with E-state index >= 15 is 0 Å². The van der Waals surface area contributed by atoms with Gasteiger partial charge in [0.2, 0.25) is 0 Å². The van der Waals surface area contributed by atoms with Crippen LogP contribution in [0.2, 0.25) is 0 Å². The summed E-state index contributed by atoms with van der Waals surface area (Å²) in [6.07, 6.45) is 3.95. The van der Waals surface area contributed by atoms with Gasteiger partial charge in [-0.1, -0.05) is 18.6 Å². The standard InChI is InChI=1S/C13H16O2/c1-15-11-6-4-5-10(9-11)12-7-2-3-8-13(12)14/h4-6,9,12H,2-3,7-8H2,1H3/t12-/m0/s1. The van der Waals surface area contributed by atoms with Crippen molar-refractivity contribution >= 4 is 5.78 Å². The second-order valence-electron chi connectivity index (χ2n) is 4.04. The Morgan fingerprint density at radius 1 is 1.33 bits per heavy atom. The van der Waals surface area contributed by atoms with Crippen LogP contribution in [0.25, 0.3) is 0 Å². The number of benzene rings is 1. The molecule has 2 heteroatoms. The van der Waals surface area contributed by atoms with E-state index in [1.54, 1.807) is 7.11 Å². The van der Waals surface area contributed by atoms with Gasteiger partial charge in [-0.2, -0.15) is 0 Å². The summed E-state index contributed by atoms with van der Waals surface area (Å²) in [5.41, 5.74) is 1.11. The number of rotatable bonds is 2. The Hall–Kier alpha value is -1.31. The molecule has 1 aliphatic rings. The van der Waals surface area contributed by atoms with E-state index in [1.807, 2.05) is 24.3 Å². The molecule has 0 radical (unpaired) electrons. The van der Waals surface area contributed by atoms with Gasteiger partial charge in [0.05, 0.1) is 7.11 Å². The van der Waals surface area contributed by atoms with E-state index in [4.69, 9.17) is 4.74 Å². The summed E-state index contributed by atoms with van der Waals surface area (Å²) in [7, 11) is 1.65. The third-order valence-corrected chi connectivity index (χ3v) is 3.05. The lowest BCUT2D eigenvalue weighted by molar-refractivity contribution is -0.121. The smallest absolute Gasteiger partial charge is 0.140 e. The number of methoxy groups -OCH3 is 1. The molecule has 15 heavy (non-hydrogen) atoms. The van der Waals surface area contributed by atoms with Crippen molar-refractivity contribution in [2.24, 2.45) is 0 Å². The summed E-state index contributed by atoms with van der Waals surface area (Å²) in [5, 5.41) is 0. The topological polar surface area (TPSA) is 26.3 Å². The molecule has 0 unspecified atom stereocenters. The van der Waals surface area contributed by atoms with Gasteiger partial charge in [0.1, 0.15) is 11.5 Å². The zero-order valence-electron chi connectivity index (χ0n) is 9.03. The summed E-state index contributed by atoms with van der Waals surface area (Å²) >= 11 is 0. The van der Waals surface area contributed by atoms with Gasteiger partial charge in [-0.15, -0.1) is 0 Å². The SMILES string of the molecule is COc1cccc([C@@H]2CCCCC2=O)c1. The second kappa shape index (κ2) is 4.47. The maximum absolute atomic E-state index is 11.8. The first kappa shape index (κ1) is 10.2. The predicted molar refractivity (Wildman–Crippen MR) is 59.2 cm³/mol. The predicted octanol–water partition coefficient (Wildman–Crippen LogP) is 2.92. The number of carbonyl (C=O) groups is 1. The molecule has 0 N–H and O–H groups in total. The molecule has 2 nitrogen and oxygen atoms in total. The number of ketones is 1. The molecule has 0 aromatic heterocycles. The minimum Gasteiger partial charge on any atom is -0.497 e. The van der Waals surface area contributed by atoms with E-state index in [0.717, 1.165) is 37.0 Å². The van der Waals surface area contributed by atoms with Crippen LogP contribution in [0.1, 0.15) is 37.2 Å². The molecule has 1 aromatic rings. The van der Waals surface area contributed by atoms with Crippen molar-refractivity contribution in [3.8, 4) is 5.75 Å². The van der Waals surface area contributed by atoms with Crippen LogP contribution in [0.4, 0.5) is 0 Å². The minimum atomic E-state index is 0.105. The van der Waals surface area contributed by atoms with Gasteiger partial charge in [0.25, 0.3) is 0 Å². The highest BCUT2D eigenvalue weighted by Crippen LogP contribution is 2.31. The molecule has 1 atom stereocenters. The molecule has 0 saturated heterocycles. The van der Waals surface area contributed by atoms with Crippen molar-refractivity contribution in [2.45, 2.75) is 31.6 Å². The number of hydrogen-bond acceptors (Lipinski definition) is 2. The maximum Gasteiger partial charge on any atom is 0.140 e. The molecule has 0 bridgehead atoms. The first-order chi connectivity index (χ1) is 7.31. The van der Waals surface area contributed by atoms with Crippen molar-refractivity contribution in [1.82, 2.24) is 0 Å². The van der Waals surface area contributed by atoms with Gasteiger partial charge in [-0.25, -0.2) is 0 Å². The van der Waals surface area contributed by atoms with Crippen LogP contribution in [0.3, 0.4) is 0 Å². The second-order valence-corrected chi connectivity index (χ2v) is 4.04. The molecule has 1 aromatic carbocycles. The summed E-state index contributed by atoms with van der Waals surface area (Å²) < 4.78 is 5.17. The molecule has 2 rings (SSSR count). The number of ether oxygens (including phenoxy) is 1. The summed E-state index contributed by atoms with van der Waals surface area (Å²) in [6.45, 7) is 0. The summed E-state index contributed by atoms with van der Waals surface area (Å²) in [6, 6.07) is 7.87. The monoisotopic (exact) mass is 204 g/mol. The lowest BCUT2D eigenvalue weighted by Gasteiger charge is -2.21. The Kier molecular flexibility index (Phi) is 3.05. The van der Waals surface area contributed by atoms with Crippen molar-refractivity contribution < 1.29 is 9.53 Å². The number of Topliss-reactive ketones (excluding diaryl/α,β-unsaturated/α-hetero) is 1. The molecule has 0 amide bonds.